The molecular formula is C23H24FN5O3. The molecule has 9 heteroatoms. The predicted molar refractivity (Wildman–Crippen MR) is 115 cm³/mol. The first-order valence-electron chi connectivity index (χ1n) is 10.5. The van der Waals surface area contributed by atoms with Gasteiger partial charge in [0.15, 0.2) is 0 Å². The van der Waals surface area contributed by atoms with Gasteiger partial charge in [-0.15, -0.1) is 0 Å². The van der Waals surface area contributed by atoms with Gasteiger partial charge in [0.1, 0.15) is 12.4 Å². The van der Waals surface area contributed by atoms with Gasteiger partial charge < -0.3 is 15.0 Å². The highest BCUT2D eigenvalue weighted by atomic mass is 19.1. The van der Waals surface area contributed by atoms with E-state index in [1.807, 2.05) is 18.2 Å². The van der Waals surface area contributed by atoms with Crippen molar-refractivity contribution in [3.8, 4) is 0 Å². The van der Waals surface area contributed by atoms with E-state index in [0.717, 1.165) is 18.5 Å². The van der Waals surface area contributed by atoms with Gasteiger partial charge in [0, 0.05) is 25.5 Å². The monoisotopic (exact) mass is 437 g/mol. The van der Waals surface area contributed by atoms with Crippen molar-refractivity contribution < 1.29 is 18.7 Å². The number of ether oxygens (including phenoxy) is 1. The zero-order valence-corrected chi connectivity index (χ0v) is 17.5. The molecule has 32 heavy (non-hydrogen) atoms. The zero-order valence-electron chi connectivity index (χ0n) is 17.5. The average molecular weight is 437 g/mol. The van der Waals surface area contributed by atoms with E-state index in [1.54, 1.807) is 23.4 Å². The van der Waals surface area contributed by atoms with Crippen LogP contribution in [0, 0.1) is 5.82 Å². The number of carbonyl (C=O) groups is 2. The third kappa shape index (κ3) is 5.55. The van der Waals surface area contributed by atoms with Crippen LogP contribution in [0.3, 0.4) is 0 Å². The topological polar surface area (TPSA) is 89.4 Å². The normalized spacial score (nSPS) is 15.5. The minimum absolute atomic E-state index is 0.00484. The molecule has 8 nitrogen and oxygen atoms in total. The molecule has 3 aromatic rings. The number of hydrogen-bond donors (Lipinski definition) is 1. The Labute approximate surface area is 185 Å². The molecule has 1 aliphatic rings. The number of benzene rings is 1. The molecule has 3 heterocycles. The summed E-state index contributed by atoms with van der Waals surface area (Å²) in [7, 11) is 0. The standard InChI is InChI=1S/C23H24FN5O3/c24-21-9-2-1-8-20(21)23(31)27-18-12-26-29(14-18)16-22(30)28(15-19-7-5-11-32-19)13-17-6-3-4-10-25-17/h1-4,6,8-10,12,14,19H,5,7,11,13,15-16H2,(H,27,31)/t19-/m0/s1. The molecule has 2 amide bonds. The predicted octanol–water partition coefficient (Wildman–Crippen LogP) is 2.88. The average Bonchev–Trinajstić information content (AvgIpc) is 3.46. The fraction of sp³-hybridized carbons (Fsp3) is 0.304. The van der Waals surface area contributed by atoms with Gasteiger partial charge in [-0.2, -0.15) is 5.10 Å². The van der Waals surface area contributed by atoms with Crippen LogP contribution in [0.1, 0.15) is 28.9 Å². The molecule has 1 saturated heterocycles. The second-order valence-electron chi connectivity index (χ2n) is 7.59. The fourth-order valence-corrected chi connectivity index (χ4v) is 3.57. The molecule has 1 aliphatic heterocycles. The molecular weight excluding hydrogens is 413 g/mol. The van der Waals surface area contributed by atoms with Crippen LogP contribution in [0.15, 0.2) is 61.1 Å². The lowest BCUT2D eigenvalue weighted by molar-refractivity contribution is -0.134. The van der Waals surface area contributed by atoms with Gasteiger partial charge in [0.05, 0.1) is 35.8 Å². The first-order valence-corrected chi connectivity index (χ1v) is 10.5. The maximum atomic E-state index is 13.8. The molecule has 0 saturated carbocycles. The van der Waals surface area contributed by atoms with E-state index in [9.17, 15) is 14.0 Å². The molecule has 1 N–H and O–H groups in total. The maximum Gasteiger partial charge on any atom is 0.258 e. The van der Waals surface area contributed by atoms with E-state index in [1.165, 1.54) is 29.1 Å². The van der Waals surface area contributed by atoms with Crippen molar-refractivity contribution in [3.63, 3.8) is 0 Å². The van der Waals surface area contributed by atoms with Crippen molar-refractivity contribution in [1.82, 2.24) is 19.7 Å². The Kier molecular flexibility index (Phi) is 6.86. The van der Waals surface area contributed by atoms with Crippen molar-refractivity contribution in [2.24, 2.45) is 0 Å². The van der Waals surface area contributed by atoms with E-state index in [-0.39, 0.29) is 24.1 Å². The summed E-state index contributed by atoms with van der Waals surface area (Å²) in [6.45, 7) is 1.56. The summed E-state index contributed by atoms with van der Waals surface area (Å²) in [4.78, 5) is 31.4. The Morgan fingerprint density at radius 3 is 2.81 bits per heavy atom. The van der Waals surface area contributed by atoms with Gasteiger partial charge in [-0.05, 0) is 37.1 Å². The molecule has 4 rings (SSSR count). The third-order valence-corrected chi connectivity index (χ3v) is 5.19. The highest BCUT2D eigenvalue weighted by molar-refractivity contribution is 6.04. The van der Waals surface area contributed by atoms with Crippen molar-refractivity contribution in [3.05, 3.63) is 78.1 Å². The maximum absolute atomic E-state index is 13.8. The Morgan fingerprint density at radius 1 is 1.22 bits per heavy atom. The quantitative estimate of drug-likeness (QED) is 0.585. The molecule has 0 unspecified atom stereocenters. The highest BCUT2D eigenvalue weighted by Crippen LogP contribution is 2.16. The van der Waals surface area contributed by atoms with Crippen molar-refractivity contribution in [2.45, 2.75) is 32.0 Å². The largest absolute Gasteiger partial charge is 0.376 e. The molecule has 0 spiro atoms. The molecule has 0 radical (unpaired) electrons. The number of aromatic nitrogens is 3. The van der Waals surface area contributed by atoms with Crippen LogP contribution in [0.25, 0.3) is 0 Å². The van der Waals surface area contributed by atoms with E-state index in [2.05, 4.69) is 15.4 Å². The molecule has 0 aliphatic carbocycles. The first kappa shape index (κ1) is 21.6. The molecule has 2 aromatic heterocycles. The lowest BCUT2D eigenvalue weighted by atomic mass is 10.2. The molecule has 1 atom stereocenters. The Hall–Kier alpha value is -3.59. The smallest absolute Gasteiger partial charge is 0.258 e. The molecule has 0 bridgehead atoms. The summed E-state index contributed by atoms with van der Waals surface area (Å²) in [5, 5.41) is 6.76. The van der Waals surface area contributed by atoms with Crippen molar-refractivity contribution in [1.29, 1.82) is 0 Å². The lowest BCUT2D eigenvalue weighted by Gasteiger charge is -2.25. The SMILES string of the molecule is O=C(Nc1cnn(CC(=O)N(Cc2ccccn2)C[C@@H]2CCCO2)c1)c1ccccc1F. The van der Waals surface area contributed by atoms with E-state index < -0.39 is 11.7 Å². The number of amides is 2. The van der Waals surface area contributed by atoms with E-state index in [0.29, 0.717) is 25.4 Å². The Bertz CT molecular complexity index is 1070. The van der Waals surface area contributed by atoms with Crippen molar-refractivity contribution >= 4 is 17.5 Å². The number of rotatable bonds is 8. The molecule has 166 valence electrons. The summed E-state index contributed by atoms with van der Waals surface area (Å²) < 4.78 is 21.0. The number of hydrogen-bond acceptors (Lipinski definition) is 5. The van der Waals surface area contributed by atoms with Crippen LogP contribution in [0.2, 0.25) is 0 Å². The summed E-state index contributed by atoms with van der Waals surface area (Å²) in [6.07, 6.45) is 6.58. The number of carbonyl (C=O) groups excluding carboxylic acids is 2. The van der Waals surface area contributed by atoms with Gasteiger partial charge in [0.25, 0.3) is 5.91 Å². The number of pyridine rings is 1. The lowest BCUT2D eigenvalue weighted by Crippen LogP contribution is -2.39. The van der Waals surface area contributed by atoms with Gasteiger partial charge in [0.2, 0.25) is 5.91 Å². The number of nitrogens with zero attached hydrogens (tertiary/aromatic N) is 4. The highest BCUT2D eigenvalue weighted by Gasteiger charge is 2.23. The Morgan fingerprint density at radius 2 is 2.06 bits per heavy atom. The van der Waals surface area contributed by atoms with Crippen LogP contribution >= 0.6 is 0 Å². The number of nitrogens with one attached hydrogen (secondary N) is 1. The van der Waals surface area contributed by atoms with Crippen LogP contribution in [0.4, 0.5) is 10.1 Å². The van der Waals surface area contributed by atoms with Crippen LogP contribution < -0.4 is 5.32 Å². The van der Waals surface area contributed by atoms with E-state index >= 15 is 0 Å². The minimum atomic E-state index is -0.605. The summed E-state index contributed by atoms with van der Waals surface area (Å²) >= 11 is 0. The summed E-state index contributed by atoms with van der Waals surface area (Å²) in [6, 6.07) is 11.3. The zero-order chi connectivity index (χ0) is 22.3. The van der Waals surface area contributed by atoms with Crippen LogP contribution in [-0.4, -0.2) is 50.7 Å². The van der Waals surface area contributed by atoms with Crippen LogP contribution in [0.5, 0.6) is 0 Å². The molecule has 1 aromatic carbocycles. The minimum Gasteiger partial charge on any atom is -0.376 e. The second-order valence-corrected chi connectivity index (χ2v) is 7.59. The van der Waals surface area contributed by atoms with Crippen LogP contribution in [-0.2, 0) is 22.6 Å². The summed E-state index contributed by atoms with van der Waals surface area (Å²) in [5.74, 6) is -1.32. The fourth-order valence-electron chi connectivity index (χ4n) is 3.57. The van der Waals surface area contributed by atoms with E-state index in [4.69, 9.17) is 4.74 Å². The number of anilines is 1. The van der Waals surface area contributed by atoms with Crippen molar-refractivity contribution in [2.75, 3.05) is 18.5 Å². The second kappa shape index (κ2) is 10.1. The molecule has 1 fully saturated rings. The van der Waals surface area contributed by atoms with Gasteiger partial charge >= 0.3 is 0 Å². The first-order chi connectivity index (χ1) is 15.6. The third-order valence-electron chi connectivity index (χ3n) is 5.19. The van der Waals surface area contributed by atoms with Gasteiger partial charge in [-0.3, -0.25) is 19.3 Å². The Balaban J connectivity index is 1.41. The van der Waals surface area contributed by atoms with Gasteiger partial charge in [-0.1, -0.05) is 18.2 Å². The summed E-state index contributed by atoms with van der Waals surface area (Å²) in [5.41, 5.74) is 1.10. The van der Waals surface area contributed by atoms with Gasteiger partial charge in [-0.25, -0.2) is 4.39 Å². The number of halogens is 1.